The van der Waals surface area contributed by atoms with Crippen molar-refractivity contribution in [3.05, 3.63) is 23.9 Å². The van der Waals surface area contributed by atoms with E-state index in [1.54, 1.807) is 24.1 Å². The van der Waals surface area contributed by atoms with Crippen molar-refractivity contribution in [3.63, 3.8) is 0 Å². The van der Waals surface area contributed by atoms with Crippen molar-refractivity contribution in [3.8, 4) is 5.75 Å². The van der Waals surface area contributed by atoms with Gasteiger partial charge in [0.05, 0.1) is 19.4 Å². The molecule has 16 heavy (non-hydrogen) atoms. The second-order valence-corrected chi connectivity index (χ2v) is 3.10. The topological polar surface area (TPSA) is 73.6 Å². The van der Waals surface area contributed by atoms with Crippen LogP contribution in [0.15, 0.2) is 23.9 Å². The van der Waals surface area contributed by atoms with Gasteiger partial charge in [0, 0.05) is 18.9 Å². The highest BCUT2D eigenvalue weighted by Gasteiger charge is 2.03. The Balaban J connectivity index is 2.85. The van der Waals surface area contributed by atoms with E-state index in [0.717, 1.165) is 0 Å². The first-order valence-electron chi connectivity index (χ1n) is 4.64. The lowest BCUT2D eigenvalue weighted by molar-refractivity contribution is 0.227. The van der Waals surface area contributed by atoms with Gasteiger partial charge in [-0.3, -0.25) is 0 Å². The summed E-state index contributed by atoms with van der Waals surface area (Å²) >= 11 is 0. The standard InChI is InChI=1S/C11H14N2O3/c1-15-7-9(6-14)13-8-3-4-10(12)11(5-8)16-2/h3-5,13H,7,12H2,1-2H3. The molecular weight excluding hydrogens is 208 g/mol. The smallest absolute Gasteiger partial charge is 0.148 e. The van der Waals surface area contributed by atoms with E-state index >= 15 is 0 Å². The lowest BCUT2D eigenvalue weighted by Crippen LogP contribution is -2.06. The predicted octanol–water partition coefficient (Wildman–Crippen LogP) is 1.05. The first-order chi connectivity index (χ1) is 7.71. The summed E-state index contributed by atoms with van der Waals surface area (Å²) in [6, 6.07) is 5.13. The van der Waals surface area contributed by atoms with Gasteiger partial charge in [-0.2, -0.15) is 0 Å². The van der Waals surface area contributed by atoms with Crippen molar-refractivity contribution >= 4 is 17.3 Å². The van der Waals surface area contributed by atoms with Crippen LogP contribution in [0.2, 0.25) is 0 Å². The van der Waals surface area contributed by atoms with E-state index in [4.69, 9.17) is 15.2 Å². The molecule has 0 heterocycles. The first-order valence-corrected chi connectivity index (χ1v) is 4.64. The third-order valence-electron chi connectivity index (χ3n) is 1.94. The van der Waals surface area contributed by atoms with Crippen LogP contribution in [0.3, 0.4) is 0 Å². The van der Waals surface area contributed by atoms with E-state index < -0.39 is 0 Å². The zero-order chi connectivity index (χ0) is 12.0. The van der Waals surface area contributed by atoms with Crippen molar-refractivity contribution in [1.82, 2.24) is 0 Å². The van der Waals surface area contributed by atoms with Crippen molar-refractivity contribution < 1.29 is 14.3 Å². The van der Waals surface area contributed by atoms with Crippen LogP contribution in [0.4, 0.5) is 11.4 Å². The maximum atomic E-state index is 10.6. The number of nitrogen functional groups attached to an aromatic ring is 1. The summed E-state index contributed by atoms with van der Waals surface area (Å²) < 4.78 is 9.89. The van der Waals surface area contributed by atoms with Crippen LogP contribution in [0, 0.1) is 0 Å². The van der Waals surface area contributed by atoms with E-state index in [1.807, 2.05) is 0 Å². The number of benzene rings is 1. The number of carbonyl (C=O) groups excluding carboxylic acids is 1. The third kappa shape index (κ3) is 3.02. The Kier molecular flexibility index (Phi) is 4.39. The Morgan fingerprint density at radius 2 is 2.25 bits per heavy atom. The number of nitrogens with two attached hydrogens (primary N) is 1. The summed E-state index contributed by atoms with van der Waals surface area (Å²) in [6.07, 6.45) is 0. The Bertz CT molecular complexity index is 412. The SMILES string of the molecule is COCC(=C=O)Nc1ccc(N)c(OC)c1. The highest BCUT2D eigenvalue weighted by atomic mass is 16.5. The minimum Gasteiger partial charge on any atom is -0.495 e. The molecule has 86 valence electrons. The summed E-state index contributed by atoms with van der Waals surface area (Å²) in [4.78, 5) is 10.6. The summed E-state index contributed by atoms with van der Waals surface area (Å²) in [7, 11) is 3.03. The van der Waals surface area contributed by atoms with Gasteiger partial charge < -0.3 is 20.5 Å². The Morgan fingerprint density at radius 1 is 1.50 bits per heavy atom. The van der Waals surface area contributed by atoms with Crippen LogP contribution in [-0.4, -0.2) is 26.8 Å². The van der Waals surface area contributed by atoms with Crippen molar-refractivity contribution in [2.24, 2.45) is 0 Å². The molecule has 0 fully saturated rings. The predicted molar refractivity (Wildman–Crippen MR) is 62.1 cm³/mol. The second-order valence-electron chi connectivity index (χ2n) is 3.10. The molecule has 0 atom stereocenters. The molecule has 0 unspecified atom stereocenters. The quantitative estimate of drug-likeness (QED) is 0.575. The Morgan fingerprint density at radius 3 is 2.81 bits per heavy atom. The molecular formula is C11H14N2O3. The van der Waals surface area contributed by atoms with Crippen LogP contribution < -0.4 is 15.8 Å². The minimum atomic E-state index is 0.177. The number of hydrogen-bond donors (Lipinski definition) is 2. The highest BCUT2D eigenvalue weighted by Crippen LogP contribution is 2.25. The van der Waals surface area contributed by atoms with E-state index in [-0.39, 0.29) is 6.61 Å². The summed E-state index contributed by atoms with van der Waals surface area (Å²) in [5.41, 5.74) is 7.21. The van der Waals surface area contributed by atoms with E-state index in [9.17, 15) is 4.79 Å². The van der Waals surface area contributed by atoms with Gasteiger partial charge in [0.1, 0.15) is 17.4 Å². The molecule has 1 rings (SSSR count). The Labute approximate surface area is 93.8 Å². The van der Waals surface area contributed by atoms with Gasteiger partial charge in [-0.05, 0) is 12.1 Å². The van der Waals surface area contributed by atoms with Crippen molar-refractivity contribution in [1.29, 1.82) is 0 Å². The molecule has 5 heteroatoms. The summed E-state index contributed by atoms with van der Waals surface area (Å²) in [5.74, 6) is 2.31. The van der Waals surface area contributed by atoms with Gasteiger partial charge in [0.25, 0.3) is 0 Å². The third-order valence-corrected chi connectivity index (χ3v) is 1.94. The lowest BCUT2D eigenvalue weighted by Gasteiger charge is -2.09. The van der Waals surface area contributed by atoms with Gasteiger partial charge >= 0.3 is 0 Å². The maximum absolute atomic E-state index is 10.6. The van der Waals surface area contributed by atoms with Crippen LogP contribution >= 0.6 is 0 Å². The molecule has 0 saturated carbocycles. The molecule has 0 amide bonds. The van der Waals surface area contributed by atoms with Crippen LogP contribution in [0.1, 0.15) is 0 Å². The van der Waals surface area contributed by atoms with Crippen molar-refractivity contribution in [2.75, 3.05) is 31.9 Å². The fourth-order valence-electron chi connectivity index (χ4n) is 1.20. The van der Waals surface area contributed by atoms with E-state index in [0.29, 0.717) is 22.8 Å². The van der Waals surface area contributed by atoms with Gasteiger partial charge in [-0.25, -0.2) is 4.79 Å². The molecule has 1 aromatic rings. The molecule has 0 saturated heterocycles. The lowest BCUT2D eigenvalue weighted by atomic mass is 10.2. The average molecular weight is 222 g/mol. The maximum Gasteiger partial charge on any atom is 0.148 e. The molecule has 0 aromatic heterocycles. The molecule has 0 aliphatic carbocycles. The number of anilines is 2. The van der Waals surface area contributed by atoms with E-state index in [1.165, 1.54) is 14.2 Å². The summed E-state index contributed by atoms with van der Waals surface area (Å²) in [5, 5.41) is 2.86. The van der Waals surface area contributed by atoms with Gasteiger partial charge in [0.15, 0.2) is 0 Å². The van der Waals surface area contributed by atoms with Gasteiger partial charge in [0.2, 0.25) is 0 Å². The van der Waals surface area contributed by atoms with Crippen LogP contribution in [0.25, 0.3) is 0 Å². The monoisotopic (exact) mass is 222 g/mol. The Hall–Kier alpha value is -1.97. The molecule has 5 nitrogen and oxygen atoms in total. The second kappa shape index (κ2) is 5.80. The molecule has 3 N–H and O–H groups in total. The van der Waals surface area contributed by atoms with Crippen molar-refractivity contribution in [2.45, 2.75) is 0 Å². The number of hydrogen-bond acceptors (Lipinski definition) is 5. The zero-order valence-corrected chi connectivity index (χ0v) is 9.24. The normalized spacial score (nSPS) is 9.38. The average Bonchev–Trinajstić information content (AvgIpc) is 2.30. The first kappa shape index (κ1) is 12.1. The number of rotatable bonds is 5. The molecule has 0 aliphatic heterocycles. The fourth-order valence-corrected chi connectivity index (χ4v) is 1.20. The molecule has 0 aliphatic rings. The van der Waals surface area contributed by atoms with E-state index in [2.05, 4.69) is 5.32 Å². The van der Waals surface area contributed by atoms with Gasteiger partial charge in [-0.15, -0.1) is 0 Å². The van der Waals surface area contributed by atoms with Gasteiger partial charge in [-0.1, -0.05) is 0 Å². The summed E-state index contributed by atoms with van der Waals surface area (Å²) in [6.45, 7) is 0.177. The van der Waals surface area contributed by atoms with Crippen LogP contribution in [0.5, 0.6) is 5.75 Å². The fraction of sp³-hybridized carbons (Fsp3) is 0.273. The largest absolute Gasteiger partial charge is 0.495 e. The minimum absolute atomic E-state index is 0.177. The molecule has 0 bridgehead atoms. The molecule has 0 radical (unpaired) electrons. The molecule has 0 spiro atoms. The highest BCUT2D eigenvalue weighted by molar-refractivity contribution is 5.67. The number of methoxy groups -OCH3 is 2. The van der Waals surface area contributed by atoms with Crippen LogP contribution in [-0.2, 0) is 9.53 Å². The number of nitrogens with one attached hydrogen (secondary N) is 1. The zero-order valence-electron chi connectivity index (χ0n) is 9.24. The molecule has 1 aromatic carbocycles. The number of ether oxygens (including phenoxy) is 2.